The van der Waals surface area contributed by atoms with Crippen LogP contribution >= 0.6 is 22.6 Å². The molecule has 3 aromatic rings. The first-order chi connectivity index (χ1) is 23.9. The summed E-state index contributed by atoms with van der Waals surface area (Å²) in [5.41, 5.74) is 2.11. The summed E-state index contributed by atoms with van der Waals surface area (Å²) in [6.07, 6.45) is -2.17. The van der Waals surface area contributed by atoms with Crippen molar-refractivity contribution in [3.63, 3.8) is 0 Å². The number of allylic oxidation sites excluding steroid dienone is 4. The van der Waals surface area contributed by atoms with Crippen molar-refractivity contribution in [2.75, 3.05) is 13.7 Å². The van der Waals surface area contributed by atoms with Gasteiger partial charge in [-0.1, -0.05) is 58.0 Å². The molecule has 0 saturated heterocycles. The number of nitro benzene ring substituents is 1. The summed E-state index contributed by atoms with van der Waals surface area (Å²) >= 11 is 1.98. The zero-order chi connectivity index (χ0) is 37.0. The fourth-order valence-electron chi connectivity index (χ4n) is 7.57. The van der Waals surface area contributed by atoms with Crippen molar-refractivity contribution in [3.8, 4) is 17.2 Å². The van der Waals surface area contributed by atoms with Gasteiger partial charge >= 0.3 is 11.9 Å². The SMILES string of the molecule is COc1cc(C2C3=C(CC(C)(C)CC3=O)N(CCc3ccccc3)C3=C2C(=O)CC(C)(C)C3)cc(I)c1Oc1ccc(C(F)(F)F)cc1[N+](=O)[O-]. The molecule has 0 aromatic heterocycles. The molecule has 0 atom stereocenters. The average molecular weight is 815 g/mol. The largest absolute Gasteiger partial charge is 0.493 e. The molecule has 3 aromatic carbocycles. The van der Waals surface area contributed by atoms with E-state index in [4.69, 9.17) is 9.47 Å². The van der Waals surface area contributed by atoms with E-state index in [1.54, 1.807) is 12.1 Å². The molecule has 1 aliphatic heterocycles. The maximum absolute atomic E-state index is 14.3. The third-order valence-corrected chi connectivity index (χ3v) is 10.6. The number of Topliss-reactive ketones (excluding diaryl/α,β-unsaturated/α-hetero) is 2. The second kappa shape index (κ2) is 13.4. The Kier molecular flexibility index (Phi) is 9.62. The first-order valence-electron chi connectivity index (χ1n) is 16.6. The van der Waals surface area contributed by atoms with Gasteiger partial charge in [-0.05, 0) is 88.1 Å². The lowest BCUT2D eigenvalue weighted by molar-refractivity contribution is -0.385. The Morgan fingerprint density at radius 3 is 2.00 bits per heavy atom. The molecule has 1 heterocycles. The van der Waals surface area contributed by atoms with Crippen LogP contribution in [0.15, 0.2) is 83.2 Å². The Morgan fingerprint density at radius 1 is 0.882 bits per heavy atom. The van der Waals surface area contributed by atoms with E-state index in [0.29, 0.717) is 58.6 Å². The number of nitro groups is 1. The summed E-state index contributed by atoms with van der Waals surface area (Å²) in [6, 6.07) is 15.6. The monoisotopic (exact) mass is 814 g/mol. The third-order valence-electron chi connectivity index (χ3n) is 9.77. The molecule has 268 valence electrons. The van der Waals surface area contributed by atoms with Gasteiger partial charge in [-0.3, -0.25) is 19.7 Å². The van der Waals surface area contributed by atoms with Crippen molar-refractivity contribution in [3.05, 3.63) is 114 Å². The van der Waals surface area contributed by atoms with E-state index < -0.39 is 34.0 Å². The standard InChI is InChI=1S/C39H38F3IN2O6/c1-37(2)18-27-34(29(46)20-37)33(35-28(19-38(3,4)21-30(35)47)44(27)14-13-22-9-7-6-8-10-22)23-15-25(43)36(32(16-23)50-5)51-31-12-11-24(39(40,41)42)17-26(31)45(48)49/h6-12,15-17,33H,13-14,18-21H2,1-5H3. The number of benzene rings is 3. The fraction of sp³-hybridized carbons (Fsp3) is 0.385. The zero-order valence-electron chi connectivity index (χ0n) is 28.9. The number of carbonyl (C=O) groups is 2. The van der Waals surface area contributed by atoms with Crippen LogP contribution in [0.4, 0.5) is 18.9 Å². The Bertz CT molecular complexity index is 1950. The topological polar surface area (TPSA) is 99.0 Å². The van der Waals surface area contributed by atoms with E-state index >= 15 is 0 Å². The number of hydrogen-bond donors (Lipinski definition) is 0. The molecular weight excluding hydrogens is 776 g/mol. The first-order valence-corrected chi connectivity index (χ1v) is 17.7. The van der Waals surface area contributed by atoms with Crippen LogP contribution in [0.5, 0.6) is 17.2 Å². The molecule has 0 fully saturated rings. The van der Waals surface area contributed by atoms with Gasteiger partial charge in [0.2, 0.25) is 5.75 Å². The van der Waals surface area contributed by atoms with Gasteiger partial charge in [0, 0.05) is 53.9 Å². The van der Waals surface area contributed by atoms with Gasteiger partial charge < -0.3 is 14.4 Å². The maximum Gasteiger partial charge on any atom is 0.416 e. The molecule has 3 aliphatic rings. The molecule has 2 aliphatic carbocycles. The van der Waals surface area contributed by atoms with Gasteiger partial charge in [0.25, 0.3) is 0 Å². The number of alkyl halides is 3. The van der Waals surface area contributed by atoms with Crippen LogP contribution in [-0.4, -0.2) is 35.0 Å². The van der Waals surface area contributed by atoms with Gasteiger partial charge in [0.1, 0.15) is 0 Å². The lowest BCUT2D eigenvalue weighted by Crippen LogP contribution is -2.45. The number of ether oxygens (including phenoxy) is 2. The number of nitrogens with zero attached hydrogens (tertiary/aromatic N) is 2. The molecule has 51 heavy (non-hydrogen) atoms. The average Bonchev–Trinajstić information content (AvgIpc) is 3.03. The summed E-state index contributed by atoms with van der Waals surface area (Å²) < 4.78 is 52.2. The minimum absolute atomic E-state index is 0.0326. The van der Waals surface area contributed by atoms with Crippen molar-refractivity contribution < 1.29 is 37.2 Å². The van der Waals surface area contributed by atoms with Crippen LogP contribution < -0.4 is 9.47 Å². The van der Waals surface area contributed by atoms with Crippen molar-refractivity contribution in [1.82, 2.24) is 4.90 Å². The molecule has 0 bridgehead atoms. The minimum atomic E-state index is -4.78. The Morgan fingerprint density at radius 2 is 1.47 bits per heavy atom. The quantitative estimate of drug-likeness (QED) is 0.127. The van der Waals surface area contributed by atoms with Crippen LogP contribution in [0.25, 0.3) is 0 Å². The molecule has 0 amide bonds. The van der Waals surface area contributed by atoms with Gasteiger partial charge in [-0.25, -0.2) is 0 Å². The lowest BCUT2D eigenvalue weighted by Gasteiger charge is -2.49. The Hall–Kier alpha value is -4.20. The molecule has 12 heteroatoms. The summed E-state index contributed by atoms with van der Waals surface area (Å²) in [5, 5.41) is 11.8. The van der Waals surface area contributed by atoms with E-state index in [-0.39, 0.29) is 33.9 Å². The Labute approximate surface area is 308 Å². The van der Waals surface area contributed by atoms with E-state index in [9.17, 15) is 32.9 Å². The molecule has 6 rings (SSSR count). The van der Waals surface area contributed by atoms with Crippen LogP contribution in [0.2, 0.25) is 0 Å². The minimum Gasteiger partial charge on any atom is -0.493 e. The molecule has 0 radical (unpaired) electrons. The lowest BCUT2D eigenvalue weighted by atomic mass is 9.63. The maximum atomic E-state index is 14.3. The van der Waals surface area contributed by atoms with Crippen molar-refractivity contribution in [2.45, 2.75) is 71.9 Å². The predicted molar refractivity (Wildman–Crippen MR) is 194 cm³/mol. The number of rotatable bonds is 8. The summed E-state index contributed by atoms with van der Waals surface area (Å²) in [6.45, 7) is 8.92. The fourth-order valence-corrected chi connectivity index (χ4v) is 8.31. The smallest absolute Gasteiger partial charge is 0.416 e. The third kappa shape index (κ3) is 7.29. The summed E-state index contributed by atoms with van der Waals surface area (Å²) in [4.78, 5) is 41.7. The molecule has 8 nitrogen and oxygen atoms in total. The van der Waals surface area contributed by atoms with Crippen molar-refractivity contribution in [1.29, 1.82) is 0 Å². The second-order valence-corrected chi connectivity index (χ2v) is 16.2. The number of hydrogen-bond acceptors (Lipinski definition) is 7. The second-order valence-electron chi connectivity index (χ2n) is 15.0. The number of halogens is 4. The molecular formula is C39H38F3IN2O6. The normalized spacial score (nSPS) is 18.8. The highest BCUT2D eigenvalue weighted by atomic mass is 127. The highest BCUT2D eigenvalue weighted by Crippen LogP contribution is 2.55. The van der Waals surface area contributed by atoms with E-state index in [1.807, 2.05) is 40.8 Å². The van der Waals surface area contributed by atoms with Crippen LogP contribution in [0.1, 0.15) is 76.0 Å². The number of methoxy groups -OCH3 is 1. The first kappa shape index (κ1) is 36.6. The van der Waals surface area contributed by atoms with Gasteiger partial charge in [-0.2, -0.15) is 13.2 Å². The van der Waals surface area contributed by atoms with Gasteiger partial charge in [-0.15, -0.1) is 0 Å². The number of carbonyl (C=O) groups excluding carboxylic acids is 2. The summed E-state index contributed by atoms with van der Waals surface area (Å²) in [7, 11) is 1.38. The van der Waals surface area contributed by atoms with Crippen molar-refractivity contribution in [2.24, 2.45) is 10.8 Å². The molecule has 0 unspecified atom stereocenters. The Balaban J connectivity index is 1.50. The number of ketones is 2. The van der Waals surface area contributed by atoms with Gasteiger partial charge in [0.15, 0.2) is 23.1 Å². The van der Waals surface area contributed by atoms with Crippen LogP contribution in [-0.2, 0) is 22.2 Å². The highest BCUT2D eigenvalue weighted by Gasteiger charge is 2.49. The van der Waals surface area contributed by atoms with Crippen molar-refractivity contribution >= 4 is 39.8 Å². The molecule has 0 N–H and O–H groups in total. The zero-order valence-corrected chi connectivity index (χ0v) is 31.1. The van der Waals surface area contributed by atoms with E-state index in [0.717, 1.165) is 35.5 Å². The van der Waals surface area contributed by atoms with Crippen LogP contribution in [0.3, 0.4) is 0 Å². The van der Waals surface area contributed by atoms with Crippen LogP contribution in [0, 0.1) is 24.5 Å². The van der Waals surface area contributed by atoms with E-state index in [2.05, 4.69) is 44.7 Å². The van der Waals surface area contributed by atoms with Gasteiger partial charge in [0.05, 0.1) is 21.2 Å². The molecule has 0 spiro atoms. The highest BCUT2D eigenvalue weighted by molar-refractivity contribution is 14.1. The predicted octanol–water partition coefficient (Wildman–Crippen LogP) is 9.95. The summed E-state index contributed by atoms with van der Waals surface area (Å²) in [5.74, 6) is -0.945. The van der Waals surface area contributed by atoms with E-state index in [1.165, 1.54) is 7.11 Å². The molecule has 0 saturated carbocycles.